The Hall–Kier alpha value is -1.98. The Morgan fingerprint density at radius 3 is 2.37 bits per heavy atom. The van der Waals surface area contributed by atoms with Crippen molar-refractivity contribution in [1.82, 2.24) is 9.78 Å². The highest BCUT2D eigenvalue weighted by Gasteiger charge is 2.30. The number of hydrogen-bond donors (Lipinski definition) is 1. The lowest BCUT2D eigenvalue weighted by Crippen LogP contribution is -2.14. The van der Waals surface area contributed by atoms with Crippen LogP contribution in [0.5, 0.6) is 0 Å². The van der Waals surface area contributed by atoms with Crippen LogP contribution in [0.1, 0.15) is 24.6 Å². The molecule has 1 aromatic heterocycles. The summed E-state index contributed by atoms with van der Waals surface area (Å²) >= 11 is 0. The topological polar surface area (TPSA) is 37.8 Å². The molecule has 0 atom stereocenters. The molecule has 19 heavy (non-hydrogen) atoms. The summed E-state index contributed by atoms with van der Waals surface area (Å²) in [6.07, 6.45) is -2.76. The van der Waals surface area contributed by atoms with Gasteiger partial charge in [0.2, 0.25) is 0 Å². The first-order chi connectivity index (χ1) is 8.91. The van der Waals surface area contributed by atoms with E-state index in [0.717, 1.165) is 30.7 Å². The Morgan fingerprint density at radius 1 is 1.21 bits per heavy atom. The lowest BCUT2D eigenvalue weighted by Gasteiger charge is -2.07. The SMILES string of the molecule is CCCc1cc(=O)n(-c2ccc(C(F)(F)F)cc2)[nH]1. The molecule has 0 saturated heterocycles. The summed E-state index contributed by atoms with van der Waals surface area (Å²) in [6, 6.07) is 5.93. The van der Waals surface area contributed by atoms with E-state index in [0.29, 0.717) is 5.69 Å². The number of aryl methyl sites for hydroxylation is 1. The number of halogens is 3. The van der Waals surface area contributed by atoms with Crippen molar-refractivity contribution >= 4 is 0 Å². The first kappa shape index (κ1) is 13.5. The summed E-state index contributed by atoms with van der Waals surface area (Å²) in [5, 5.41) is 2.88. The molecule has 0 amide bonds. The van der Waals surface area contributed by atoms with E-state index < -0.39 is 11.7 Å². The molecule has 2 aromatic rings. The fourth-order valence-electron chi connectivity index (χ4n) is 1.83. The van der Waals surface area contributed by atoms with Crippen LogP contribution in [0.2, 0.25) is 0 Å². The van der Waals surface area contributed by atoms with Crippen molar-refractivity contribution in [3.63, 3.8) is 0 Å². The van der Waals surface area contributed by atoms with E-state index in [1.54, 1.807) is 0 Å². The van der Waals surface area contributed by atoms with Gasteiger partial charge in [0.1, 0.15) is 0 Å². The minimum absolute atomic E-state index is 0.275. The van der Waals surface area contributed by atoms with E-state index in [2.05, 4.69) is 5.10 Å². The van der Waals surface area contributed by atoms with Gasteiger partial charge in [0.05, 0.1) is 11.3 Å². The maximum atomic E-state index is 12.4. The quantitative estimate of drug-likeness (QED) is 0.914. The van der Waals surface area contributed by atoms with Gasteiger partial charge in [0.25, 0.3) is 5.56 Å². The van der Waals surface area contributed by atoms with E-state index in [1.807, 2.05) is 6.92 Å². The van der Waals surface area contributed by atoms with Crippen molar-refractivity contribution in [2.24, 2.45) is 0 Å². The van der Waals surface area contributed by atoms with Crippen molar-refractivity contribution in [2.75, 3.05) is 0 Å². The van der Waals surface area contributed by atoms with Crippen LogP contribution in [0.15, 0.2) is 35.1 Å². The number of hydrogen-bond acceptors (Lipinski definition) is 1. The van der Waals surface area contributed by atoms with Gasteiger partial charge in [0.15, 0.2) is 0 Å². The van der Waals surface area contributed by atoms with Gasteiger partial charge in [-0.05, 0) is 30.7 Å². The number of nitrogens with one attached hydrogen (secondary N) is 1. The van der Waals surface area contributed by atoms with Crippen LogP contribution >= 0.6 is 0 Å². The van der Waals surface area contributed by atoms with E-state index in [4.69, 9.17) is 0 Å². The van der Waals surface area contributed by atoms with E-state index in [9.17, 15) is 18.0 Å². The Labute approximate surface area is 107 Å². The average molecular weight is 270 g/mol. The minimum Gasteiger partial charge on any atom is -0.295 e. The van der Waals surface area contributed by atoms with E-state index >= 15 is 0 Å². The molecule has 0 bridgehead atoms. The van der Waals surface area contributed by atoms with Crippen LogP contribution in [-0.4, -0.2) is 9.78 Å². The minimum atomic E-state index is -4.37. The second-order valence-electron chi connectivity index (χ2n) is 4.25. The molecular formula is C13H13F3N2O. The fraction of sp³-hybridized carbons (Fsp3) is 0.308. The third-order valence-corrected chi connectivity index (χ3v) is 2.75. The van der Waals surface area contributed by atoms with Crippen LogP contribution in [0.4, 0.5) is 13.2 Å². The number of benzene rings is 1. The Balaban J connectivity index is 2.35. The maximum absolute atomic E-state index is 12.4. The zero-order chi connectivity index (χ0) is 14.0. The number of H-pyrrole nitrogens is 1. The molecule has 0 fully saturated rings. The largest absolute Gasteiger partial charge is 0.416 e. The van der Waals surface area contributed by atoms with Gasteiger partial charge in [0, 0.05) is 11.8 Å². The smallest absolute Gasteiger partial charge is 0.295 e. The molecule has 0 aliphatic heterocycles. The summed E-state index contributed by atoms with van der Waals surface area (Å²) < 4.78 is 38.5. The summed E-state index contributed by atoms with van der Waals surface area (Å²) in [7, 11) is 0. The van der Waals surface area contributed by atoms with Gasteiger partial charge >= 0.3 is 6.18 Å². The summed E-state index contributed by atoms with van der Waals surface area (Å²) in [6.45, 7) is 1.98. The number of alkyl halides is 3. The maximum Gasteiger partial charge on any atom is 0.416 e. The first-order valence-corrected chi connectivity index (χ1v) is 5.90. The lowest BCUT2D eigenvalue weighted by molar-refractivity contribution is -0.137. The zero-order valence-electron chi connectivity index (χ0n) is 10.3. The molecule has 6 heteroatoms. The molecule has 2 rings (SSSR count). The van der Waals surface area contributed by atoms with Crippen LogP contribution in [-0.2, 0) is 12.6 Å². The normalized spacial score (nSPS) is 11.8. The summed E-state index contributed by atoms with van der Waals surface area (Å²) in [5.41, 5.74) is 0.153. The standard InChI is InChI=1S/C13H13F3N2O/c1-2-3-10-8-12(19)18(17-10)11-6-4-9(5-7-11)13(14,15)16/h4-8,17H,2-3H2,1H3. The van der Waals surface area contributed by atoms with Crippen LogP contribution in [0.25, 0.3) is 5.69 Å². The van der Waals surface area contributed by atoms with Gasteiger partial charge in [-0.2, -0.15) is 13.2 Å². The number of aromatic amines is 1. The highest BCUT2D eigenvalue weighted by molar-refractivity contribution is 5.35. The van der Waals surface area contributed by atoms with Gasteiger partial charge in [-0.25, -0.2) is 4.68 Å². The predicted molar refractivity (Wildman–Crippen MR) is 65.4 cm³/mol. The number of rotatable bonds is 3. The average Bonchev–Trinajstić information content (AvgIpc) is 2.70. The van der Waals surface area contributed by atoms with Crippen molar-refractivity contribution in [1.29, 1.82) is 0 Å². The molecule has 102 valence electrons. The van der Waals surface area contributed by atoms with Gasteiger partial charge < -0.3 is 0 Å². The molecule has 1 heterocycles. The molecule has 3 nitrogen and oxygen atoms in total. The lowest BCUT2D eigenvalue weighted by atomic mass is 10.2. The molecule has 0 aliphatic carbocycles. The Morgan fingerprint density at radius 2 is 1.84 bits per heavy atom. The highest BCUT2D eigenvalue weighted by atomic mass is 19.4. The second-order valence-corrected chi connectivity index (χ2v) is 4.25. The molecular weight excluding hydrogens is 257 g/mol. The predicted octanol–water partition coefficient (Wildman–Crippen LogP) is 3.14. The highest BCUT2D eigenvalue weighted by Crippen LogP contribution is 2.29. The van der Waals surface area contributed by atoms with Crippen LogP contribution in [0.3, 0.4) is 0 Å². The van der Waals surface area contributed by atoms with Crippen molar-refractivity contribution in [2.45, 2.75) is 25.9 Å². The Bertz CT molecular complexity index is 608. The zero-order valence-corrected chi connectivity index (χ0v) is 10.3. The monoisotopic (exact) mass is 270 g/mol. The summed E-state index contributed by atoms with van der Waals surface area (Å²) in [4.78, 5) is 11.7. The number of aromatic nitrogens is 2. The molecule has 0 aliphatic rings. The molecule has 0 saturated carbocycles. The van der Waals surface area contributed by atoms with Crippen LogP contribution in [0, 0.1) is 0 Å². The summed E-state index contributed by atoms with van der Waals surface area (Å²) in [5.74, 6) is 0. The Kier molecular flexibility index (Phi) is 3.50. The first-order valence-electron chi connectivity index (χ1n) is 5.90. The molecule has 1 aromatic carbocycles. The van der Waals surface area contributed by atoms with Crippen molar-refractivity contribution in [3.8, 4) is 5.69 Å². The van der Waals surface area contributed by atoms with Gasteiger partial charge in [-0.1, -0.05) is 13.3 Å². The second kappa shape index (κ2) is 4.95. The number of nitrogens with zero attached hydrogens (tertiary/aromatic N) is 1. The molecule has 0 unspecified atom stereocenters. The van der Waals surface area contributed by atoms with Crippen molar-refractivity contribution < 1.29 is 13.2 Å². The van der Waals surface area contributed by atoms with Crippen molar-refractivity contribution in [3.05, 3.63) is 51.9 Å². The fourth-order valence-corrected chi connectivity index (χ4v) is 1.83. The molecule has 0 spiro atoms. The van der Waals surface area contributed by atoms with Gasteiger partial charge in [-0.15, -0.1) is 0 Å². The van der Waals surface area contributed by atoms with Gasteiger partial charge in [-0.3, -0.25) is 9.89 Å². The third-order valence-electron chi connectivity index (χ3n) is 2.75. The van der Waals surface area contributed by atoms with E-state index in [-0.39, 0.29) is 5.56 Å². The molecule has 0 radical (unpaired) electrons. The molecule has 1 N–H and O–H groups in total. The van der Waals surface area contributed by atoms with Crippen LogP contribution < -0.4 is 5.56 Å². The van der Waals surface area contributed by atoms with E-state index in [1.165, 1.54) is 22.9 Å². The third kappa shape index (κ3) is 2.89.